The Morgan fingerprint density at radius 3 is 2.46 bits per heavy atom. The van der Waals surface area contributed by atoms with E-state index in [2.05, 4.69) is 26.1 Å². The van der Waals surface area contributed by atoms with E-state index in [0.29, 0.717) is 5.92 Å². The van der Waals surface area contributed by atoms with Crippen LogP contribution in [-0.2, 0) is 9.47 Å². The van der Waals surface area contributed by atoms with Crippen molar-refractivity contribution >= 4 is 22.0 Å². The first-order valence-corrected chi connectivity index (χ1v) is 10.2. The second-order valence-corrected chi connectivity index (χ2v) is 9.07. The van der Waals surface area contributed by atoms with E-state index in [0.717, 1.165) is 32.8 Å². The molecule has 1 amide bonds. The predicted octanol–water partition coefficient (Wildman–Crippen LogP) is 3.56. The number of amides is 1. The van der Waals surface area contributed by atoms with E-state index in [1.165, 1.54) is 32.1 Å². The van der Waals surface area contributed by atoms with Crippen LogP contribution in [-0.4, -0.2) is 60.3 Å². The first-order valence-electron chi connectivity index (χ1n) is 9.29. The monoisotopic (exact) mass is 404 g/mol. The van der Waals surface area contributed by atoms with Crippen LogP contribution in [0.3, 0.4) is 0 Å². The van der Waals surface area contributed by atoms with Crippen LogP contribution in [0.15, 0.2) is 0 Å². The number of hydrogen-bond acceptors (Lipinski definition) is 4. The zero-order valence-electron chi connectivity index (χ0n) is 15.4. The molecule has 140 valence electrons. The fourth-order valence-corrected chi connectivity index (χ4v) is 4.36. The van der Waals surface area contributed by atoms with Gasteiger partial charge in [-0.15, -0.1) is 0 Å². The van der Waals surface area contributed by atoms with Gasteiger partial charge in [0.2, 0.25) is 0 Å². The second kappa shape index (κ2) is 9.39. The van der Waals surface area contributed by atoms with Crippen LogP contribution in [0.4, 0.5) is 4.79 Å². The highest BCUT2D eigenvalue weighted by Gasteiger charge is 2.32. The molecule has 0 aromatic carbocycles. The minimum Gasteiger partial charge on any atom is -0.444 e. The van der Waals surface area contributed by atoms with Crippen molar-refractivity contribution in [1.82, 2.24) is 10.2 Å². The molecule has 5 nitrogen and oxygen atoms in total. The number of hydrogen-bond donors (Lipinski definition) is 1. The quantitative estimate of drug-likeness (QED) is 0.711. The van der Waals surface area contributed by atoms with E-state index in [1.54, 1.807) is 0 Å². The van der Waals surface area contributed by atoms with Gasteiger partial charge in [-0.25, -0.2) is 4.79 Å². The fraction of sp³-hybridized carbons (Fsp3) is 0.944. The molecule has 6 heteroatoms. The maximum atomic E-state index is 12.3. The number of rotatable bonds is 5. The molecule has 0 spiro atoms. The van der Waals surface area contributed by atoms with Crippen molar-refractivity contribution in [3.63, 3.8) is 0 Å². The van der Waals surface area contributed by atoms with Gasteiger partial charge in [-0.2, -0.15) is 0 Å². The molecule has 0 unspecified atom stereocenters. The average Bonchev–Trinajstić information content (AvgIpc) is 2.53. The van der Waals surface area contributed by atoms with Gasteiger partial charge in [0.05, 0.1) is 19.3 Å². The number of halogens is 1. The topological polar surface area (TPSA) is 50.8 Å². The molecule has 1 heterocycles. The number of ether oxygens (including phenoxy) is 2. The lowest BCUT2D eigenvalue weighted by atomic mass is 9.84. The number of nitrogens with one attached hydrogen (secondary N) is 1. The number of carbonyl (C=O) groups excluding carboxylic acids is 1. The van der Waals surface area contributed by atoms with Gasteiger partial charge >= 0.3 is 6.09 Å². The zero-order valence-corrected chi connectivity index (χ0v) is 16.9. The lowest BCUT2D eigenvalue weighted by molar-refractivity contribution is 0.0276. The molecule has 2 atom stereocenters. The summed E-state index contributed by atoms with van der Waals surface area (Å²) in [6.07, 6.45) is 6.09. The highest BCUT2D eigenvalue weighted by molar-refractivity contribution is 9.09. The van der Waals surface area contributed by atoms with Gasteiger partial charge in [-0.05, 0) is 39.5 Å². The van der Waals surface area contributed by atoms with Gasteiger partial charge < -0.3 is 14.8 Å². The van der Waals surface area contributed by atoms with E-state index in [4.69, 9.17) is 9.47 Å². The maximum Gasteiger partial charge on any atom is 0.407 e. The Bertz CT molecular complexity index is 388. The first-order chi connectivity index (χ1) is 11.3. The molecular weight excluding hydrogens is 372 g/mol. The molecule has 1 saturated heterocycles. The molecule has 0 aromatic rings. The van der Waals surface area contributed by atoms with Crippen LogP contribution in [0.2, 0.25) is 0 Å². The molecule has 1 saturated carbocycles. The highest BCUT2D eigenvalue weighted by Crippen LogP contribution is 2.32. The molecule has 24 heavy (non-hydrogen) atoms. The van der Waals surface area contributed by atoms with E-state index in [1.807, 2.05) is 20.8 Å². The summed E-state index contributed by atoms with van der Waals surface area (Å²) in [4.78, 5) is 15.0. The fourth-order valence-electron chi connectivity index (χ4n) is 3.53. The Balaban J connectivity index is 1.97. The molecule has 1 aliphatic heterocycles. The number of carbonyl (C=O) groups is 1. The smallest absolute Gasteiger partial charge is 0.407 e. The summed E-state index contributed by atoms with van der Waals surface area (Å²) in [5.41, 5.74) is -0.472. The summed E-state index contributed by atoms with van der Waals surface area (Å²) in [7, 11) is 0. The summed E-state index contributed by atoms with van der Waals surface area (Å²) in [5.74, 6) is 0.625. The molecule has 0 radical (unpaired) electrons. The van der Waals surface area contributed by atoms with Crippen LogP contribution in [0.25, 0.3) is 0 Å². The minimum atomic E-state index is -0.472. The van der Waals surface area contributed by atoms with Crippen LogP contribution in [0.1, 0.15) is 52.9 Å². The minimum absolute atomic E-state index is 0.0565. The van der Waals surface area contributed by atoms with E-state index in [9.17, 15) is 4.79 Å². The second-order valence-electron chi connectivity index (χ2n) is 8.01. The number of alkyl halides is 1. The Hall–Kier alpha value is -0.330. The zero-order chi connectivity index (χ0) is 17.6. The first kappa shape index (κ1) is 20.0. The van der Waals surface area contributed by atoms with E-state index in [-0.39, 0.29) is 17.0 Å². The van der Waals surface area contributed by atoms with Gasteiger partial charge in [-0.1, -0.05) is 35.2 Å². The van der Waals surface area contributed by atoms with E-state index >= 15 is 0 Å². The van der Waals surface area contributed by atoms with Crippen LogP contribution >= 0.6 is 15.9 Å². The molecule has 2 rings (SSSR count). The van der Waals surface area contributed by atoms with Crippen LogP contribution < -0.4 is 5.32 Å². The average molecular weight is 405 g/mol. The van der Waals surface area contributed by atoms with Crippen molar-refractivity contribution in [2.75, 3.05) is 32.8 Å². The van der Waals surface area contributed by atoms with Gasteiger partial charge in [0.15, 0.2) is 0 Å². The van der Waals surface area contributed by atoms with Crippen LogP contribution in [0.5, 0.6) is 0 Å². The molecular formula is C18H33BrN2O3. The van der Waals surface area contributed by atoms with Gasteiger partial charge in [0, 0.05) is 24.5 Å². The summed E-state index contributed by atoms with van der Waals surface area (Å²) in [6.45, 7) is 9.94. The maximum absolute atomic E-state index is 12.3. The Kier molecular flexibility index (Phi) is 7.82. The largest absolute Gasteiger partial charge is 0.444 e. The number of nitrogens with zero attached hydrogens (tertiary/aromatic N) is 1. The number of alkyl carbamates (subject to hydrolysis) is 1. The molecule has 2 aliphatic rings. The van der Waals surface area contributed by atoms with E-state index < -0.39 is 5.60 Å². The molecule has 2 fully saturated rings. The lowest BCUT2D eigenvalue weighted by Gasteiger charge is -2.37. The van der Waals surface area contributed by atoms with Crippen molar-refractivity contribution in [2.45, 2.75) is 69.3 Å². The van der Waals surface area contributed by atoms with Crippen molar-refractivity contribution < 1.29 is 14.3 Å². The summed E-state index contributed by atoms with van der Waals surface area (Å²) >= 11 is 3.91. The predicted molar refractivity (Wildman–Crippen MR) is 99.7 cm³/mol. The summed E-state index contributed by atoms with van der Waals surface area (Å²) in [5, 5.41) is 3.13. The van der Waals surface area contributed by atoms with Gasteiger partial charge in [0.1, 0.15) is 5.60 Å². The number of morpholine rings is 1. The van der Waals surface area contributed by atoms with Crippen molar-refractivity contribution in [1.29, 1.82) is 0 Å². The summed E-state index contributed by atoms with van der Waals surface area (Å²) < 4.78 is 10.9. The third kappa shape index (κ3) is 6.89. The summed E-state index contributed by atoms with van der Waals surface area (Å²) in [6, 6.07) is 0.0565. The Morgan fingerprint density at radius 2 is 1.88 bits per heavy atom. The third-order valence-corrected chi connectivity index (χ3v) is 6.13. The van der Waals surface area contributed by atoms with Crippen molar-refractivity contribution in [3.8, 4) is 0 Å². The lowest BCUT2D eigenvalue weighted by Crippen LogP contribution is -2.53. The van der Waals surface area contributed by atoms with Gasteiger partial charge in [0.25, 0.3) is 0 Å². The molecule has 0 aromatic heterocycles. The third-order valence-electron chi connectivity index (χ3n) is 4.75. The normalized spacial score (nSPS) is 23.5. The van der Waals surface area contributed by atoms with Gasteiger partial charge in [-0.3, -0.25) is 4.90 Å². The van der Waals surface area contributed by atoms with Crippen molar-refractivity contribution in [3.05, 3.63) is 0 Å². The van der Waals surface area contributed by atoms with Crippen LogP contribution in [0, 0.1) is 5.92 Å². The highest BCUT2D eigenvalue weighted by atomic mass is 79.9. The molecule has 1 N–H and O–H groups in total. The molecule has 1 aliphatic carbocycles. The Morgan fingerprint density at radius 1 is 1.25 bits per heavy atom. The SMILES string of the molecule is CC(C)(C)OC(=O)N[C@H](CN1CCOCC1)[C@@H](Br)C1CCCCC1. The standard InChI is InChI=1S/C18H33BrN2O3/c1-18(2,3)24-17(22)20-15(13-21-9-11-23-12-10-21)16(19)14-7-5-4-6-8-14/h14-16H,4-13H2,1-3H3,(H,20,22)/t15-,16+/m1/s1. The molecule has 0 bridgehead atoms. The van der Waals surface area contributed by atoms with Crippen molar-refractivity contribution in [2.24, 2.45) is 5.92 Å². The Labute approximate surface area is 154 Å².